The molecule has 2 amide bonds. The fraction of sp³-hybridized carbons (Fsp3) is 0.591. The van der Waals surface area contributed by atoms with Crippen LogP contribution in [0.1, 0.15) is 57.8 Å². The SMILES string of the molecule is CC(NC(=O)C1CCCO1)c1nc2ccccc2n1CC(=O)N1CCCCC1C. The molecule has 3 heterocycles. The topological polar surface area (TPSA) is 76.5 Å². The number of hydrogen-bond acceptors (Lipinski definition) is 4. The number of imidazole rings is 1. The minimum atomic E-state index is -0.383. The van der Waals surface area contributed by atoms with Crippen molar-refractivity contribution in [2.75, 3.05) is 13.2 Å². The third-order valence-electron chi connectivity index (χ3n) is 6.07. The maximum atomic E-state index is 13.1. The molecule has 0 saturated carbocycles. The predicted molar refractivity (Wildman–Crippen MR) is 110 cm³/mol. The summed E-state index contributed by atoms with van der Waals surface area (Å²) in [6, 6.07) is 7.77. The van der Waals surface area contributed by atoms with E-state index in [-0.39, 0.29) is 36.5 Å². The van der Waals surface area contributed by atoms with Crippen molar-refractivity contribution in [1.29, 1.82) is 0 Å². The van der Waals surface area contributed by atoms with Gasteiger partial charge in [-0.3, -0.25) is 9.59 Å². The number of carbonyl (C=O) groups is 2. The van der Waals surface area contributed by atoms with Crippen molar-refractivity contribution < 1.29 is 14.3 Å². The molecule has 2 aromatic rings. The summed E-state index contributed by atoms with van der Waals surface area (Å²) in [5, 5.41) is 3.03. The van der Waals surface area contributed by atoms with Crippen LogP contribution in [0.3, 0.4) is 0 Å². The molecule has 7 heteroatoms. The Morgan fingerprint density at radius 3 is 2.83 bits per heavy atom. The smallest absolute Gasteiger partial charge is 0.249 e. The second-order valence-electron chi connectivity index (χ2n) is 8.21. The molecule has 4 rings (SSSR count). The lowest BCUT2D eigenvalue weighted by atomic mass is 10.0. The first-order chi connectivity index (χ1) is 14.0. The number of para-hydroxylation sites is 2. The van der Waals surface area contributed by atoms with Crippen LogP contribution in [0, 0.1) is 0 Å². The number of benzene rings is 1. The standard InChI is InChI=1S/C22H30N4O3/c1-15-8-5-6-12-25(15)20(27)14-26-18-10-4-3-9-17(18)24-21(26)16(2)23-22(28)19-11-7-13-29-19/h3-4,9-10,15-16,19H,5-8,11-14H2,1-2H3,(H,23,28). The van der Waals surface area contributed by atoms with Crippen LogP contribution in [0.4, 0.5) is 0 Å². The molecule has 7 nitrogen and oxygen atoms in total. The highest BCUT2D eigenvalue weighted by molar-refractivity contribution is 5.83. The zero-order valence-corrected chi connectivity index (χ0v) is 17.3. The summed E-state index contributed by atoms with van der Waals surface area (Å²) in [7, 11) is 0. The summed E-state index contributed by atoms with van der Waals surface area (Å²) in [4.78, 5) is 32.3. The van der Waals surface area contributed by atoms with Gasteiger partial charge in [0.2, 0.25) is 11.8 Å². The number of aromatic nitrogens is 2. The Balaban J connectivity index is 1.58. The van der Waals surface area contributed by atoms with Gasteiger partial charge in [0.05, 0.1) is 17.1 Å². The third kappa shape index (κ3) is 4.15. The number of piperidine rings is 1. The van der Waals surface area contributed by atoms with Crippen LogP contribution < -0.4 is 5.32 Å². The highest BCUT2D eigenvalue weighted by Gasteiger charge is 2.28. The zero-order chi connectivity index (χ0) is 20.4. The largest absolute Gasteiger partial charge is 0.368 e. The first-order valence-corrected chi connectivity index (χ1v) is 10.7. The van der Waals surface area contributed by atoms with E-state index in [1.807, 2.05) is 40.7 Å². The van der Waals surface area contributed by atoms with Crippen molar-refractivity contribution in [3.63, 3.8) is 0 Å². The molecule has 3 unspecified atom stereocenters. The average molecular weight is 399 g/mol. The Bertz CT molecular complexity index is 887. The first kappa shape index (κ1) is 19.9. The summed E-state index contributed by atoms with van der Waals surface area (Å²) < 4.78 is 7.45. The molecule has 2 saturated heterocycles. The minimum absolute atomic E-state index is 0.107. The molecule has 29 heavy (non-hydrogen) atoms. The fourth-order valence-electron chi connectivity index (χ4n) is 4.44. The van der Waals surface area contributed by atoms with E-state index in [0.29, 0.717) is 12.4 Å². The summed E-state index contributed by atoms with van der Waals surface area (Å²) >= 11 is 0. The van der Waals surface area contributed by atoms with Crippen LogP contribution in [0.5, 0.6) is 0 Å². The van der Waals surface area contributed by atoms with E-state index >= 15 is 0 Å². The molecule has 0 bridgehead atoms. The third-order valence-corrected chi connectivity index (χ3v) is 6.07. The molecule has 156 valence electrons. The van der Waals surface area contributed by atoms with Crippen molar-refractivity contribution in [3.05, 3.63) is 30.1 Å². The van der Waals surface area contributed by atoms with Gasteiger partial charge < -0.3 is 19.5 Å². The number of amides is 2. The Hall–Kier alpha value is -2.41. The fourth-order valence-corrected chi connectivity index (χ4v) is 4.44. The summed E-state index contributed by atoms with van der Waals surface area (Å²) in [5.74, 6) is 0.708. The molecule has 0 aliphatic carbocycles. The van der Waals surface area contributed by atoms with Crippen LogP contribution in [-0.4, -0.2) is 51.6 Å². The summed E-state index contributed by atoms with van der Waals surface area (Å²) in [5.41, 5.74) is 1.75. The molecular weight excluding hydrogens is 368 g/mol. The predicted octanol–water partition coefficient (Wildman–Crippen LogP) is 2.79. The molecule has 1 aromatic carbocycles. The molecule has 0 radical (unpaired) electrons. The lowest BCUT2D eigenvalue weighted by Gasteiger charge is -2.33. The van der Waals surface area contributed by atoms with E-state index in [9.17, 15) is 9.59 Å². The Morgan fingerprint density at radius 2 is 2.07 bits per heavy atom. The van der Waals surface area contributed by atoms with Gasteiger partial charge in [-0.05, 0) is 58.1 Å². The summed E-state index contributed by atoms with van der Waals surface area (Å²) in [6.07, 6.45) is 4.56. The zero-order valence-electron chi connectivity index (χ0n) is 17.3. The average Bonchev–Trinajstić information content (AvgIpc) is 3.37. The first-order valence-electron chi connectivity index (χ1n) is 10.7. The number of hydrogen-bond donors (Lipinski definition) is 1. The van der Waals surface area contributed by atoms with Crippen LogP contribution in [0.25, 0.3) is 11.0 Å². The van der Waals surface area contributed by atoms with Gasteiger partial charge in [-0.1, -0.05) is 12.1 Å². The van der Waals surface area contributed by atoms with Gasteiger partial charge >= 0.3 is 0 Å². The van der Waals surface area contributed by atoms with Crippen molar-refractivity contribution in [1.82, 2.24) is 19.8 Å². The van der Waals surface area contributed by atoms with Gasteiger partial charge in [-0.15, -0.1) is 0 Å². The monoisotopic (exact) mass is 398 g/mol. The maximum absolute atomic E-state index is 13.1. The second-order valence-corrected chi connectivity index (χ2v) is 8.21. The lowest BCUT2D eigenvalue weighted by Crippen LogP contribution is -2.44. The second kappa shape index (κ2) is 8.53. The number of likely N-dealkylation sites (tertiary alicyclic amines) is 1. The molecule has 3 atom stereocenters. The van der Waals surface area contributed by atoms with E-state index in [1.165, 1.54) is 6.42 Å². The van der Waals surface area contributed by atoms with E-state index in [2.05, 4.69) is 12.2 Å². The molecule has 2 fully saturated rings. The van der Waals surface area contributed by atoms with E-state index in [4.69, 9.17) is 9.72 Å². The van der Waals surface area contributed by atoms with E-state index in [1.54, 1.807) is 0 Å². The molecule has 2 aliphatic heterocycles. The molecular formula is C22H30N4O3. The van der Waals surface area contributed by atoms with Crippen molar-refractivity contribution >= 4 is 22.8 Å². The minimum Gasteiger partial charge on any atom is -0.368 e. The van der Waals surface area contributed by atoms with Crippen molar-refractivity contribution in [2.24, 2.45) is 0 Å². The van der Waals surface area contributed by atoms with Crippen LogP contribution in [0.15, 0.2) is 24.3 Å². The molecule has 2 aliphatic rings. The van der Waals surface area contributed by atoms with Gasteiger partial charge in [0.1, 0.15) is 18.5 Å². The maximum Gasteiger partial charge on any atom is 0.249 e. The number of fused-ring (bicyclic) bond motifs is 1. The number of carbonyl (C=O) groups excluding carboxylic acids is 2. The Morgan fingerprint density at radius 1 is 1.24 bits per heavy atom. The molecule has 0 spiro atoms. The van der Waals surface area contributed by atoms with Gasteiger partial charge in [0.25, 0.3) is 0 Å². The van der Waals surface area contributed by atoms with Crippen LogP contribution in [0.2, 0.25) is 0 Å². The van der Waals surface area contributed by atoms with Gasteiger partial charge in [-0.2, -0.15) is 0 Å². The van der Waals surface area contributed by atoms with Crippen LogP contribution >= 0.6 is 0 Å². The highest BCUT2D eigenvalue weighted by atomic mass is 16.5. The number of ether oxygens (including phenoxy) is 1. The molecule has 1 N–H and O–H groups in total. The Kier molecular flexibility index (Phi) is 5.85. The number of nitrogens with one attached hydrogen (secondary N) is 1. The van der Waals surface area contributed by atoms with Gasteiger partial charge in [0, 0.05) is 19.2 Å². The van der Waals surface area contributed by atoms with Gasteiger partial charge in [-0.25, -0.2) is 4.98 Å². The van der Waals surface area contributed by atoms with Crippen molar-refractivity contribution in [2.45, 2.75) is 70.7 Å². The normalized spacial score (nSPS) is 23.3. The van der Waals surface area contributed by atoms with Crippen molar-refractivity contribution in [3.8, 4) is 0 Å². The molecule has 1 aromatic heterocycles. The Labute approximate surface area is 171 Å². The van der Waals surface area contributed by atoms with E-state index < -0.39 is 0 Å². The summed E-state index contributed by atoms with van der Waals surface area (Å²) in [6.45, 7) is 5.72. The van der Waals surface area contributed by atoms with Gasteiger partial charge in [0.15, 0.2) is 0 Å². The number of rotatable bonds is 5. The van der Waals surface area contributed by atoms with E-state index in [0.717, 1.165) is 43.3 Å². The number of nitrogens with zero attached hydrogens (tertiary/aromatic N) is 3. The van der Waals surface area contributed by atoms with Crippen LogP contribution in [-0.2, 0) is 20.9 Å². The lowest BCUT2D eigenvalue weighted by molar-refractivity contribution is -0.135. The quantitative estimate of drug-likeness (QED) is 0.840. The highest BCUT2D eigenvalue weighted by Crippen LogP contribution is 2.23.